The number of aliphatic hydroxyl groups excluding tert-OH is 2. The molecule has 1 aromatic rings. The van der Waals surface area contributed by atoms with Gasteiger partial charge < -0.3 is 30.6 Å². The van der Waals surface area contributed by atoms with Crippen LogP contribution in [-0.4, -0.2) is 81.7 Å². The maximum Gasteiger partial charge on any atom is 0.335 e. The van der Waals surface area contributed by atoms with Gasteiger partial charge in [0.15, 0.2) is 12.2 Å². The van der Waals surface area contributed by atoms with E-state index >= 15 is 0 Å². The van der Waals surface area contributed by atoms with Crippen LogP contribution in [0.2, 0.25) is 10.0 Å². The monoisotopic (exact) mass is 475 g/mol. The number of carboxylic acid groups (broad SMARTS) is 2. The first-order valence-corrected chi connectivity index (χ1v) is 10.5. The molecule has 1 fully saturated rings. The van der Waals surface area contributed by atoms with Crippen LogP contribution in [0.1, 0.15) is 24.8 Å². The van der Waals surface area contributed by atoms with Crippen LogP contribution >= 0.6 is 23.2 Å². The van der Waals surface area contributed by atoms with Gasteiger partial charge in [-0.25, -0.2) is 16.2 Å². The van der Waals surface area contributed by atoms with Crippen molar-refractivity contribution >= 4 is 35.1 Å². The van der Waals surface area contributed by atoms with Crippen LogP contribution < -0.4 is 5.32 Å². The SMILES string of the molecule is O=C(O)[C@H](O)[C@@H](O)C(=O)O.[C-]#[N+]CCCN(Cc1ccc(Cl)cc1Cl)C1CCNCC1. The predicted molar refractivity (Wildman–Crippen MR) is 116 cm³/mol. The average Bonchev–Trinajstić information content (AvgIpc) is 2.74. The summed E-state index contributed by atoms with van der Waals surface area (Å²) in [4.78, 5) is 25.5. The van der Waals surface area contributed by atoms with E-state index in [1.165, 1.54) is 0 Å². The van der Waals surface area contributed by atoms with E-state index in [9.17, 15) is 9.59 Å². The number of carbonyl (C=O) groups is 2. The first-order valence-electron chi connectivity index (χ1n) is 9.71. The molecule has 1 aliphatic rings. The Morgan fingerprint density at radius 2 is 1.74 bits per heavy atom. The molecule has 1 aromatic carbocycles. The number of nitrogens with zero attached hydrogens (tertiary/aromatic N) is 2. The third-order valence-corrected chi connectivity index (χ3v) is 5.32. The fourth-order valence-corrected chi connectivity index (χ4v) is 3.52. The Morgan fingerprint density at radius 1 is 1.16 bits per heavy atom. The number of halogens is 2. The molecule has 0 amide bonds. The van der Waals surface area contributed by atoms with Crippen molar-refractivity contribution in [3.63, 3.8) is 0 Å². The van der Waals surface area contributed by atoms with Gasteiger partial charge in [-0.1, -0.05) is 29.3 Å². The van der Waals surface area contributed by atoms with E-state index in [4.69, 9.17) is 50.2 Å². The lowest BCUT2D eigenvalue weighted by atomic mass is 10.0. The first-order chi connectivity index (χ1) is 14.7. The molecule has 11 heteroatoms. The van der Waals surface area contributed by atoms with E-state index < -0.39 is 24.1 Å². The summed E-state index contributed by atoms with van der Waals surface area (Å²) in [5.41, 5.74) is 1.11. The average molecular weight is 476 g/mol. The van der Waals surface area contributed by atoms with Crippen LogP contribution in [0.4, 0.5) is 0 Å². The summed E-state index contributed by atoms with van der Waals surface area (Å²) in [6.45, 7) is 11.4. The van der Waals surface area contributed by atoms with E-state index in [0.29, 0.717) is 17.6 Å². The van der Waals surface area contributed by atoms with Crippen LogP contribution in [0.25, 0.3) is 4.85 Å². The topological polar surface area (TPSA) is 135 Å². The molecule has 0 saturated carbocycles. The van der Waals surface area contributed by atoms with Gasteiger partial charge in [0.2, 0.25) is 6.54 Å². The lowest BCUT2D eigenvalue weighted by molar-refractivity contribution is -0.165. The molecule has 0 bridgehead atoms. The molecular weight excluding hydrogens is 449 g/mol. The summed E-state index contributed by atoms with van der Waals surface area (Å²) < 4.78 is 0. The van der Waals surface area contributed by atoms with Gasteiger partial charge >= 0.3 is 11.9 Å². The van der Waals surface area contributed by atoms with Crippen molar-refractivity contribution in [1.29, 1.82) is 0 Å². The Morgan fingerprint density at radius 3 is 2.23 bits per heavy atom. The second kappa shape index (κ2) is 14.2. The number of piperidine rings is 1. The van der Waals surface area contributed by atoms with Crippen LogP contribution in [0.15, 0.2) is 18.2 Å². The van der Waals surface area contributed by atoms with E-state index in [1.807, 2.05) is 12.1 Å². The minimum absolute atomic E-state index is 0.573. The number of aliphatic hydroxyl groups is 2. The Balaban J connectivity index is 0.000000407. The number of aliphatic carboxylic acids is 2. The van der Waals surface area contributed by atoms with Crippen molar-refractivity contribution in [2.75, 3.05) is 26.2 Å². The fraction of sp³-hybridized carbons (Fsp3) is 0.550. The van der Waals surface area contributed by atoms with Crippen LogP contribution in [0.3, 0.4) is 0 Å². The molecular formula is C20H27Cl2N3O6. The number of rotatable bonds is 9. The highest BCUT2D eigenvalue weighted by atomic mass is 35.5. The zero-order chi connectivity index (χ0) is 23.4. The fourth-order valence-electron chi connectivity index (χ4n) is 3.05. The molecule has 172 valence electrons. The van der Waals surface area contributed by atoms with E-state index in [0.717, 1.165) is 56.0 Å². The van der Waals surface area contributed by atoms with E-state index in [2.05, 4.69) is 15.1 Å². The second-order valence-corrected chi connectivity index (χ2v) is 7.83. The smallest absolute Gasteiger partial charge is 0.335 e. The van der Waals surface area contributed by atoms with Crippen molar-refractivity contribution < 1.29 is 30.0 Å². The molecule has 0 unspecified atom stereocenters. The summed E-state index contributed by atoms with van der Waals surface area (Å²) in [5, 5.41) is 37.3. The van der Waals surface area contributed by atoms with Gasteiger partial charge in [0.05, 0.1) is 0 Å². The van der Waals surface area contributed by atoms with Crippen molar-refractivity contribution in [3.8, 4) is 0 Å². The zero-order valence-electron chi connectivity index (χ0n) is 16.9. The van der Waals surface area contributed by atoms with Gasteiger partial charge in [-0.2, -0.15) is 0 Å². The van der Waals surface area contributed by atoms with Gasteiger partial charge in [0.1, 0.15) is 0 Å². The number of hydrogen-bond donors (Lipinski definition) is 5. The molecule has 31 heavy (non-hydrogen) atoms. The van der Waals surface area contributed by atoms with Gasteiger partial charge in [-0.05, 0) is 43.6 Å². The third kappa shape index (κ3) is 9.82. The highest BCUT2D eigenvalue weighted by Crippen LogP contribution is 2.24. The molecule has 2 rings (SSSR count). The van der Waals surface area contributed by atoms with Crippen LogP contribution in [-0.2, 0) is 16.1 Å². The second-order valence-electron chi connectivity index (χ2n) is 6.99. The van der Waals surface area contributed by atoms with Crippen LogP contribution in [0.5, 0.6) is 0 Å². The largest absolute Gasteiger partial charge is 0.479 e. The lowest BCUT2D eigenvalue weighted by Gasteiger charge is -2.34. The standard InChI is InChI=1S/C16H21Cl2N3.C4H6O6/c1-19-7-2-10-21(15-5-8-20-9-6-15)12-13-3-4-14(17)11-16(13)18;5-1(3(7)8)2(6)4(9)10/h3-4,11,15,20H,2,5-10,12H2;1-2,5-6H,(H,7,8)(H,9,10)/t;1-,2-/m.1/s1. The van der Waals surface area contributed by atoms with Crippen LogP contribution in [0, 0.1) is 6.57 Å². The molecule has 2 atom stereocenters. The first kappa shape index (κ1) is 27.1. The van der Waals surface area contributed by atoms with Crippen molar-refractivity contribution in [3.05, 3.63) is 45.2 Å². The summed E-state index contributed by atoms with van der Waals surface area (Å²) in [5.74, 6) is -3.54. The van der Waals surface area contributed by atoms with E-state index in [-0.39, 0.29) is 0 Å². The molecule has 1 saturated heterocycles. The lowest BCUT2D eigenvalue weighted by Crippen LogP contribution is -2.43. The van der Waals surface area contributed by atoms with Gasteiger partial charge in [-0.3, -0.25) is 4.90 Å². The van der Waals surface area contributed by atoms with E-state index in [1.54, 1.807) is 6.07 Å². The zero-order valence-corrected chi connectivity index (χ0v) is 18.4. The predicted octanol–water partition coefficient (Wildman–Crippen LogP) is 1.73. The Kier molecular flexibility index (Phi) is 12.4. The third-order valence-electron chi connectivity index (χ3n) is 4.73. The summed E-state index contributed by atoms with van der Waals surface area (Å²) >= 11 is 12.3. The highest BCUT2D eigenvalue weighted by molar-refractivity contribution is 6.35. The molecule has 1 heterocycles. The number of carboxylic acids is 2. The molecule has 1 aliphatic heterocycles. The van der Waals surface area contributed by atoms with Gasteiger partial charge in [0, 0.05) is 35.6 Å². The molecule has 9 nitrogen and oxygen atoms in total. The quantitative estimate of drug-likeness (QED) is 0.269. The van der Waals surface area contributed by atoms with Crippen molar-refractivity contribution in [1.82, 2.24) is 10.2 Å². The molecule has 0 radical (unpaired) electrons. The minimum atomic E-state index is -2.27. The van der Waals surface area contributed by atoms with Gasteiger partial charge in [-0.15, -0.1) is 0 Å². The number of nitrogens with one attached hydrogen (secondary N) is 1. The summed E-state index contributed by atoms with van der Waals surface area (Å²) in [7, 11) is 0. The van der Waals surface area contributed by atoms with Crippen molar-refractivity contribution in [2.45, 2.75) is 44.1 Å². The Bertz CT molecular complexity index is 750. The van der Waals surface area contributed by atoms with Gasteiger partial charge in [0.25, 0.3) is 0 Å². The molecule has 0 spiro atoms. The normalized spacial score (nSPS) is 16.0. The number of benzene rings is 1. The number of hydrogen-bond acceptors (Lipinski definition) is 6. The molecule has 0 aromatic heterocycles. The van der Waals surface area contributed by atoms with Crippen molar-refractivity contribution in [2.24, 2.45) is 0 Å². The Labute approximate surface area is 191 Å². The highest BCUT2D eigenvalue weighted by Gasteiger charge is 2.29. The maximum absolute atomic E-state index is 9.77. The summed E-state index contributed by atoms with van der Waals surface area (Å²) in [6, 6.07) is 6.28. The minimum Gasteiger partial charge on any atom is -0.479 e. The maximum atomic E-state index is 9.77. The summed E-state index contributed by atoms with van der Waals surface area (Å²) in [6.07, 6.45) is -1.31. The molecule has 5 N–H and O–H groups in total. The Hall–Kier alpha value is -1.93. The molecule has 0 aliphatic carbocycles.